The van der Waals surface area contributed by atoms with Crippen LogP contribution in [0.25, 0.3) is 0 Å². The van der Waals surface area contributed by atoms with Crippen LogP contribution in [-0.4, -0.2) is 40.4 Å². The van der Waals surface area contributed by atoms with Crippen LogP contribution in [-0.2, 0) is 10.0 Å². The first-order valence-corrected chi connectivity index (χ1v) is 8.56. The SMILES string of the molecule is CCCNCCS(=O)(=O)NCCOc1cccc(C)c1. The van der Waals surface area contributed by atoms with Crippen molar-refractivity contribution in [1.82, 2.24) is 10.0 Å². The second-order valence-corrected chi connectivity index (χ2v) is 6.55. The maximum atomic E-state index is 11.7. The van der Waals surface area contributed by atoms with Gasteiger partial charge < -0.3 is 10.1 Å². The van der Waals surface area contributed by atoms with Crippen LogP contribution in [0.5, 0.6) is 5.75 Å². The Labute approximate surface area is 121 Å². The summed E-state index contributed by atoms with van der Waals surface area (Å²) in [6.45, 7) is 5.95. The molecule has 0 saturated heterocycles. The Bertz CT molecular complexity index is 489. The van der Waals surface area contributed by atoms with E-state index in [9.17, 15) is 8.42 Å². The van der Waals surface area contributed by atoms with Gasteiger partial charge in [-0.15, -0.1) is 0 Å². The Morgan fingerprint density at radius 1 is 1.20 bits per heavy atom. The van der Waals surface area contributed by atoms with Gasteiger partial charge in [0.2, 0.25) is 10.0 Å². The van der Waals surface area contributed by atoms with Crippen LogP contribution in [0.1, 0.15) is 18.9 Å². The molecule has 0 heterocycles. The van der Waals surface area contributed by atoms with Crippen LogP contribution in [0.2, 0.25) is 0 Å². The van der Waals surface area contributed by atoms with Gasteiger partial charge in [-0.25, -0.2) is 13.1 Å². The molecule has 0 unspecified atom stereocenters. The highest BCUT2D eigenvalue weighted by molar-refractivity contribution is 7.89. The Hall–Kier alpha value is -1.11. The molecule has 0 bridgehead atoms. The van der Waals surface area contributed by atoms with Crippen LogP contribution >= 0.6 is 0 Å². The minimum absolute atomic E-state index is 0.0947. The molecule has 20 heavy (non-hydrogen) atoms. The van der Waals surface area contributed by atoms with Gasteiger partial charge in [0, 0.05) is 13.1 Å². The third-order valence-electron chi connectivity index (χ3n) is 2.66. The molecule has 5 nitrogen and oxygen atoms in total. The molecule has 1 aromatic rings. The van der Waals surface area contributed by atoms with Crippen molar-refractivity contribution in [2.75, 3.05) is 32.0 Å². The molecule has 0 aliphatic heterocycles. The highest BCUT2D eigenvalue weighted by Crippen LogP contribution is 2.11. The van der Waals surface area contributed by atoms with E-state index in [-0.39, 0.29) is 12.3 Å². The largest absolute Gasteiger partial charge is 0.492 e. The van der Waals surface area contributed by atoms with Gasteiger partial charge in [0.1, 0.15) is 12.4 Å². The molecular formula is C14H24N2O3S. The summed E-state index contributed by atoms with van der Waals surface area (Å²) in [5.41, 5.74) is 1.12. The minimum atomic E-state index is -3.22. The molecule has 114 valence electrons. The van der Waals surface area contributed by atoms with Crippen molar-refractivity contribution in [3.05, 3.63) is 29.8 Å². The molecule has 0 saturated carbocycles. The van der Waals surface area contributed by atoms with E-state index in [0.29, 0.717) is 13.2 Å². The molecule has 0 fully saturated rings. The highest BCUT2D eigenvalue weighted by atomic mass is 32.2. The maximum absolute atomic E-state index is 11.7. The summed E-state index contributed by atoms with van der Waals surface area (Å²) < 4.78 is 31.3. The lowest BCUT2D eigenvalue weighted by molar-refractivity contribution is 0.322. The minimum Gasteiger partial charge on any atom is -0.492 e. The molecule has 0 amide bonds. The lowest BCUT2D eigenvalue weighted by Gasteiger charge is -2.09. The summed E-state index contributed by atoms with van der Waals surface area (Å²) in [4.78, 5) is 0. The van der Waals surface area contributed by atoms with Crippen molar-refractivity contribution in [3.63, 3.8) is 0 Å². The zero-order valence-electron chi connectivity index (χ0n) is 12.2. The van der Waals surface area contributed by atoms with Crippen LogP contribution in [0.15, 0.2) is 24.3 Å². The predicted molar refractivity (Wildman–Crippen MR) is 81.6 cm³/mol. The van der Waals surface area contributed by atoms with Gasteiger partial charge in [0.15, 0.2) is 0 Å². The zero-order chi connectivity index (χ0) is 14.8. The van der Waals surface area contributed by atoms with E-state index in [0.717, 1.165) is 24.3 Å². The Morgan fingerprint density at radius 3 is 2.70 bits per heavy atom. The molecule has 0 spiro atoms. The van der Waals surface area contributed by atoms with Crippen LogP contribution in [0.4, 0.5) is 0 Å². The fourth-order valence-electron chi connectivity index (χ4n) is 1.65. The van der Waals surface area contributed by atoms with Gasteiger partial charge in [-0.2, -0.15) is 0 Å². The number of sulfonamides is 1. The third kappa shape index (κ3) is 7.47. The molecule has 6 heteroatoms. The monoisotopic (exact) mass is 300 g/mol. The third-order valence-corrected chi connectivity index (χ3v) is 4.04. The quantitative estimate of drug-likeness (QED) is 0.639. The van der Waals surface area contributed by atoms with Crippen LogP contribution in [0.3, 0.4) is 0 Å². The van der Waals surface area contributed by atoms with Gasteiger partial charge in [0.25, 0.3) is 0 Å². The van der Waals surface area contributed by atoms with Gasteiger partial charge in [-0.3, -0.25) is 0 Å². The lowest BCUT2D eigenvalue weighted by atomic mass is 10.2. The summed E-state index contributed by atoms with van der Waals surface area (Å²) >= 11 is 0. The second kappa shape index (κ2) is 8.94. The number of hydrogen-bond acceptors (Lipinski definition) is 4. The highest BCUT2D eigenvalue weighted by Gasteiger charge is 2.08. The molecular weight excluding hydrogens is 276 g/mol. The molecule has 2 N–H and O–H groups in total. The molecule has 0 radical (unpaired) electrons. The Morgan fingerprint density at radius 2 is 2.00 bits per heavy atom. The van der Waals surface area contributed by atoms with Crippen LogP contribution in [0, 0.1) is 6.92 Å². The van der Waals surface area contributed by atoms with E-state index >= 15 is 0 Å². The standard InChI is InChI=1S/C14H24N2O3S/c1-3-7-15-9-11-20(17,18)16-8-10-19-14-6-4-5-13(2)12-14/h4-6,12,15-16H,3,7-11H2,1-2H3. The number of ether oxygens (including phenoxy) is 1. The number of rotatable bonds is 10. The summed E-state index contributed by atoms with van der Waals surface area (Å²) in [5.74, 6) is 0.853. The van der Waals surface area contributed by atoms with Crippen molar-refractivity contribution in [2.24, 2.45) is 0 Å². The maximum Gasteiger partial charge on any atom is 0.212 e. The smallest absolute Gasteiger partial charge is 0.212 e. The summed E-state index contributed by atoms with van der Waals surface area (Å²) in [6.07, 6.45) is 0.998. The molecule has 0 atom stereocenters. The number of nitrogens with one attached hydrogen (secondary N) is 2. The van der Waals surface area contributed by atoms with E-state index in [4.69, 9.17) is 4.74 Å². The fraction of sp³-hybridized carbons (Fsp3) is 0.571. The van der Waals surface area contributed by atoms with E-state index in [1.54, 1.807) is 0 Å². The fourth-order valence-corrected chi connectivity index (χ4v) is 2.60. The normalized spacial score (nSPS) is 11.5. The van der Waals surface area contributed by atoms with Crippen molar-refractivity contribution in [2.45, 2.75) is 20.3 Å². The van der Waals surface area contributed by atoms with E-state index in [1.165, 1.54) is 0 Å². The number of benzene rings is 1. The van der Waals surface area contributed by atoms with Gasteiger partial charge in [0.05, 0.1) is 5.75 Å². The summed E-state index contributed by atoms with van der Waals surface area (Å²) in [6, 6.07) is 7.67. The first-order valence-electron chi connectivity index (χ1n) is 6.91. The Balaban J connectivity index is 2.19. The summed E-state index contributed by atoms with van der Waals surface area (Å²) in [5, 5.41) is 3.06. The first-order chi connectivity index (χ1) is 9.53. The Kier molecular flexibility index (Phi) is 7.58. The molecule has 0 aliphatic carbocycles. The second-order valence-electron chi connectivity index (χ2n) is 4.63. The van der Waals surface area contributed by atoms with Gasteiger partial charge in [-0.1, -0.05) is 19.1 Å². The van der Waals surface area contributed by atoms with Crippen LogP contribution < -0.4 is 14.8 Å². The zero-order valence-corrected chi connectivity index (χ0v) is 13.0. The van der Waals surface area contributed by atoms with E-state index in [2.05, 4.69) is 10.0 Å². The van der Waals surface area contributed by atoms with Gasteiger partial charge >= 0.3 is 0 Å². The summed E-state index contributed by atoms with van der Waals surface area (Å²) in [7, 11) is -3.22. The van der Waals surface area contributed by atoms with E-state index in [1.807, 2.05) is 38.1 Å². The topological polar surface area (TPSA) is 67.4 Å². The lowest BCUT2D eigenvalue weighted by Crippen LogP contribution is -2.34. The van der Waals surface area contributed by atoms with E-state index < -0.39 is 10.0 Å². The predicted octanol–water partition coefficient (Wildman–Crippen LogP) is 1.29. The van der Waals surface area contributed by atoms with Crippen molar-refractivity contribution in [1.29, 1.82) is 0 Å². The number of aryl methyl sites for hydroxylation is 1. The number of hydrogen-bond donors (Lipinski definition) is 2. The molecule has 0 aromatic heterocycles. The molecule has 1 rings (SSSR count). The first kappa shape index (κ1) is 16.9. The van der Waals surface area contributed by atoms with Crippen molar-refractivity contribution >= 4 is 10.0 Å². The molecule has 0 aliphatic rings. The van der Waals surface area contributed by atoms with Gasteiger partial charge in [-0.05, 0) is 37.6 Å². The molecule has 1 aromatic carbocycles. The average molecular weight is 300 g/mol. The van der Waals surface area contributed by atoms with Crippen molar-refractivity contribution in [3.8, 4) is 5.75 Å². The van der Waals surface area contributed by atoms with Crippen molar-refractivity contribution < 1.29 is 13.2 Å². The average Bonchev–Trinajstić information content (AvgIpc) is 2.40.